The Morgan fingerprint density at radius 1 is 0.902 bits per heavy atom. The minimum Gasteiger partial charge on any atom is -0.472 e. The van der Waals surface area contributed by atoms with Crippen LogP contribution in [0.5, 0.6) is 11.5 Å². The Hall–Kier alpha value is -4.11. The largest absolute Gasteiger partial charge is 0.472 e. The van der Waals surface area contributed by atoms with Crippen molar-refractivity contribution in [1.82, 2.24) is 0 Å². The molecule has 0 saturated heterocycles. The highest BCUT2D eigenvalue weighted by atomic mass is 19.1. The summed E-state index contributed by atoms with van der Waals surface area (Å²) in [6.07, 6.45) is 4.43. The summed E-state index contributed by atoms with van der Waals surface area (Å²) >= 11 is 0. The number of para-hydroxylation sites is 1. The van der Waals surface area contributed by atoms with Gasteiger partial charge in [-0.25, -0.2) is 9.18 Å². The molecule has 3 aromatic carbocycles. The molecule has 4 fully saturated rings. The van der Waals surface area contributed by atoms with E-state index in [1.807, 2.05) is 48.5 Å². The highest BCUT2D eigenvalue weighted by molar-refractivity contribution is 5.90. The van der Waals surface area contributed by atoms with Crippen molar-refractivity contribution in [3.63, 3.8) is 0 Å². The van der Waals surface area contributed by atoms with Crippen LogP contribution in [0.25, 0.3) is 0 Å². The van der Waals surface area contributed by atoms with E-state index in [2.05, 4.69) is 11.8 Å². The number of benzene rings is 3. The number of esters is 2. The summed E-state index contributed by atoms with van der Waals surface area (Å²) in [5, 5.41) is 0. The standard InChI is InChI=1S/C35H33FO5/c1-33(2,16-15-24-9-5-3-6-10-24)40-30-18-27(13-14-29(30)36)31(37)41-35-21-25-17-26(22-35)20-34(19-25,23-35)32(38)39-28-11-7-4-8-12-28/h3-14,18,25-26H,17,19-23H2,1-2H3. The molecule has 41 heavy (non-hydrogen) atoms. The summed E-state index contributed by atoms with van der Waals surface area (Å²) < 4.78 is 32.8. The van der Waals surface area contributed by atoms with E-state index in [4.69, 9.17) is 14.2 Å². The fourth-order valence-electron chi connectivity index (χ4n) is 7.25. The van der Waals surface area contributed by atoms with Gasteiger partial charge in [0.05, 0.1) is 11.0 Å². The van der Waals surface area contributed by atoms with Crippen molar-refractivity contribution in [2.24, 2.45) is 17.3 Å². The predicted molar refractivity (Wildman–Crippen MR) is 152 cm³/mol. The van der Waals surface area contributed by atoms with Crippen molar-refractivity contribution in [3.05, 3.63) is 95.8 Å². The maximum absolute atomic E-state index is 14.8. The molecule has 0 spiro atoms. The van der Waals surface area contributed by atoms with Crippen LogP contribution in [0.1, 0.15) is 68.3 Å². The third kappa shape index (κ3) is 5.72. The lowest BCUT2D eigenvalue weighted by molar-refractivity contribution is -0.189. The Balaban J connectivity index is 1.19. The smallest absolute Gasteiger partial charge is 0.338 e. The summed E-state index contributed by atoms with van der Waals surface area (Å²) in [5.41, 5.74) is -1.40. The van der Waals surface area contributed by atoms with E-state index >= 15 is 0 Å². The van der Waals surface area contributed by atoms with Gasteiger partial charge in [-0.1, -0.05) is 48.2 Å². The number of carbonyl (C=O) groups excluding carboxylic acids is 2. The van der Waals surface area contributed by atoms with Crippen LogP contribution in [-0.2, 0) is 9.53 Å². The molecular weight excluding hydrogens is 519 g/mol. The summed E-state index contributed by atoms with van der Waals surface area (Å²) in [6, 6.07) is 22.6. The molecular formula is C35H33FO5. The van der Waals surface area contributed by atoms with Crippen LogP contribution >= 0.6 is 0 Å². The van der Waals surface area contributed by atoms with Crippen LogP contribution in [0.15, 0.2) is 78.9 Å². The van der Waals surface area contributed by atoms with Crippen molar-refractivity contribution in [2.45, 2.75) is 63.6 Å². The Morgan fingerprint density at radius 2 is 1.56 bits per heavy atom. The Kier molecular flexibility index (Phi) is 6.85. The van der Waals surface area contributed by atoms with E-state index in [0.29, 0.717) is 24.0 Å². The normalized spacial score (nSPS) is 26.0. The first-order chi connectivity index (χ1) is 19.6. The van der Waals surface area contributed by atoms with E-state index < -0.39 is 28.4 Å². The predicted octanol–water partition coefficient (Wildman–Crippen LogP) is 7.14. The topological polar surface area (TPSA) is 61.8 Å². The second kappa shape index (κ2) is 10.4. The van der Waals surface area contributed by atoms with Crippen molar-refractivity contribution in [2.75, 3.05) is 0 Å². The van der Waals surface area contributed by atoms with E-state index in [9.17, 15) is 14.0 Å². The van der Waals surface area contributed by atoms with Gasteiger partial charge in [-0.15, -0.1) is 0 Å². The molecule has 5 nitrogen and oxygen atoms in total. The van der Waals surface area contributed by atoms with Gasteiger partial charge in [0.1, 0.15) is 11.4 Å². The number of rotatable bonds is 6. The molecule has 0 radical (unpaired) electrons. The summed E-state index contributed by atoms with van der Waals surface area (Å²) in [4.78, 5) is 27.0. The molecule has 4 aliphatic rings. The first-order valence-corrected chi connectivity index (χ1v) is 14.2. The highest BCUT2D eigenvalue weighted by Gasteiger charge is 2.63. The van der Waals surface area contributed by atoms with Gasteiger partial charge in [0.15, 0.2) is 17.2 Å². The number of ether oxygens (including phenoxy) is 3. The second-order valence-electron chi connectivity index (χ2n) is 12.4. The van der Waals surface area contributed by atoms with Crippen LogP contribution in [0.3, 0.4) is 0 Å². The van der Waals surface area contributed by atoms with Crippen LogP contribution in [0.4, 0.5) is 4.39 Å². The van der Waals surface area contributed by atoms with Gasteiger partial charge < -0.3 is 14.2 Å². The van der Waals surface area contributed by atoms with E-state index in [-0.39, 0.29) is 17.3 Å². The third-order valence-electron chi connectivity index (χ3n) is 8.52. The van der Waals surface area contributed by atoms with Crippen molar-refractivity contribution >= 4 is 11.9 Å². The Bertz CT molecular complexity index is 1500. The zero-order valence-corrected chi connectivity index (χ0v) is 23.3. The maximum atomic E-state index is 14.8. The first kappa shape index (κ1) is 27.1. The lowest BCUT2D eigenvalue weighted by Gasteiger charge is -2.59. The van der Waals surface area contributed by atoms with E-state index in [1.165, 1.54) is 18.2 Å². The molecule has 4 aliphatic carbocycles. The van der Waals surface area contributed by atoms with Crippen molar-refractivity contribution < 1.29 is 28.2 Å². The molecule has 3 aromatic rings. The van der Waals surface area contributed by atoms with Crippen molar-refractivity contribution in [1.29, 1.82) is 0 Å². The molecule has 0 aromatic heterocycles. The van der Waals surface area contributed by atoms with Gasteiger partial charge in [0.2, 0.25) is 0 Å². The molecule has 0 heterocycles. The lowest BCUT2D eigenvalue weighted by Crippen LogP contribution is -2.60. The molecule has 2 unspecified atom stereocenters. The van der Waals surface area contributed by atoms with Gasteiger partial charge in [-0.2, -0.15) is 0 Å². The van der Waals surface area contributed by atoms with Gasteiger partial charge in [0.25, 0.3) is 0 Å². The third-order valence-corrected chi connectivity index (χ3v) is 8.52. The minimum atomic E-state index is -1.01. The van der Waals surface area contributed by atoms with Crippen molar-refractivity contribution in [3.8, 4) is 23.3 Å². The number of carbonyl (C=O) groups is 2. The van der Waals surface area contributed by atoms with E-state index in [0.717, 1.165) is 37.7 Å². The molecule has 6 heteroatoms. The summed E-state index contributed by atoms with van der Waals surface area (Å²) in [5.74, 6) is 5.75. The lowest BCUT2D eigenvalue weighted by atomic mass is 9.48. The molecule has 0 aliphatic heterocycles. The highest BCUT2D eigenvalue weighted by Crippen LogP contribution is 2.63. The quantitative estimate of drug-likeness (QED) is 0.185. The summed E-state index contributed by atoms with van der Waals surface area (Å²) in [7, 11) is 0. The van der Waals surface area contributed by atoms with Crippen LogP contribution in [-0.4, -0.2) is 23.1 Å². The molecule has 4 bridgehead atoms. The number of hydrogen-bond donors (Lipinski definition) is 0. The van der Waals surface area contributed by atoms with Crippen LogP contribution in [0, 0.1) is 34.9 Å². The Labute approximate surface area is 240 Å². The van der Waals surface area contributed by atoms with Crippen LogP contribution < -0.4 is 9.47 Å². The Morgan fingerprint density at radius 3 is 2.24 bits per heavy atom. The molecule has 0 N–H and O–H groups in total. The number of hydrogen-bond acceptors (Lipinski definition) is 5. The monoisotopic (exact) mass is 552 g/mol. The van der Waals surface area contributed by atoms with Gasteiger partial charge in [-0.3, -0.25) is 4.79 Å². The minimum absolute atomic E-state index is 0.0692. The molecule has 7 rings (SSSR count). The van der Waals surface area contributed by atoms with E-state index in [1.54, 1.807) is 26.0 Å². The van der Waals surface area contributed by atoms with Gasteiger partial charge in [-0.05, 0) is 100 Å². The van der Waals surface area contributed by atoms with Crippen LogP contribution in [0.2, 0.25) is 0 Å². The van der Waals surface area contributed by atoms with Gasteiger partial charge >= 0.3 is 11.9 Å². The number of halogens is 1. The molecule has 210 valence electrons. The average molecular weight is 553 g/mol. The fraction of sp³-hybridized carbons (Fsp3) is 0.371. The zero-order chi connectivity index (χ0) is 28.7. The molecule has 2 atom stereocenters. The molecule has 0 amide bonds. The maximum Gasteiger partial charge on any atom is 0.338 e. The average Bonchev–Trinajstić information content (AvgIpc) is 2.93. The van der Waals surface area contributed by atoms with Gasteiger partial charge in [0, 0.05) is 12.0 Å². The SMILES string of the molecule is CC(C)(C#Cc1ccccc1)Oc1cc(C(=O)OC23CC4CC(C2)CC(C(=O)Oc2ccccc2)(C4)C3)ccc1F. The first-order valence-electron chi connectivity index (χ1n) is 14.2. The fourth-order valence-corrected chi connectivity index (χ4v) is 7.25. The zero-order valence-electron chi connectivity index (χ0n) is 23.3. The molecule has 4 saturated carbocycles. The summed E-state index contributed by atoms with van der Waals surface area (Å²) in [6.45, 7) is 3.49. The second-order valence-corrected chi connectivity index (χ2v) is 12.4.